The van der Waals surface area contributed by atoms with E-state index in [2.05, 4.69) is 30.2 Å². The number of H-pyrrole nitrogens is 1. The van der Waals surface area contributed by atoms with Crippen LogP contribution in [0.15, 0.2) is 24.8 Å². The number of rotatable bonds is 1. The Morgan fingerprint density at radius 1 is 1.21 bits per heavy atom. The number of nitrogens with zero attached hydrogens (tertiary/aromatic N) is 4. The van der Waals surface area contributed by atoms with E-state index >= 15 is 0 Å². The first-order valence-corrected chi connectivity index (χ1v) is 5.75. The van der Waals surface area contributed by atoms with E-state index in [0.29, 0.717) is 23.8 Å². The molecule has 0 unspecified atom stereocenters. The van der Waals surface area contributed by atoms with E-state index in [1.807, 2.05) is 6.07 Å². The van der Waals surface area contributed by atoms with E-state index in [9.17, 15) is 4.79 Å². The van der Waals surface area contributed by atoms with E-state index < -0.39 is 0 Å². The van der Waals surface area contributed by atoms with Crippen molar-refractivity contribution in [2.24, 2.45) is 0 Å². The Hall–Kier alpha value is -2.83. The van der Waals surface area contributed by atoms with Crippen molar-refractivity contribution in [2.45, 2.75) is 6.42 Å². The third-order valence-electron chi connectivity index (χ3n) is 3.04. The van der Waals surface area contributed by atoms with Crippen molar-refractivity contribution in [3.8, 4) is 11.5 Å². The summed E-state index contributed by atoms with van der Waals surface area (Å²) >= 11 is 0. The van der Waals surface area contributed by atoms with Gasteiger partial charge in [-0.3, -0.25) is 4.79 Å². The van der Waals surface area contributed by atoms with E-state index in [1.165, 1.54) is 6.33 Å². The number of nitrogens with one attached hydrogen (secondary N) is 2. The first-order valence-electron chi connectivity index (χ1n) is 5.75. The molecule has 0 radical (unpaired) electrons. The Morgan fingerprint density at radius 3 is 3.11 bits per heavy atom. The molecular formula is C12H8N6O. The largest absolute Gasteiger partial charge is 0.346 e. The van der Waals surface area contributed by atoms with Crippen molar-refractivity contribution < 1.29 is 4.79 Å². The van der Waals surface area contributed by atoms with Gasteiger partial charge in [0.1, 0.15) is 23.5 Å². The summed E-state index contributed by atoms with van der Waals surface area (Å²) < 4.78 is 0. The standard InChI is InChI=1S/C12H8N6O/c19-8-3-6-4-14-12(18-10(6)17-8)9-7-1-2-13-11(7)16-5-15-9/h1-2,4-5H,3H2,(H,13,15,16)(H,14,17,18,19). The van der Waals surface area contributed by atoms with Crippen LogP contribution in [0.25, 0.3) is 22.6 Å². The van der Waals surface area contributed by atoms with Crippen molar-refractivity contribution >= 4 is 22.8 Å². The lowest BCUT2D eigenvalue weighted by molar-refractivity contribution is -0.115. The molecule has 0 atom stereocenters. The molecule has 0 aromatic carbocycles. The SMILES string of the molecule is O=C1Cc2cnc(-c3ncnc4[nH]ccc34)nc2N1. The molecule has 0 fully saturated rings. The summed E-state index contributed by atoms with van der Waals surface area (Å²) in [6, 6.07) is 1.87. The van der Waals surface area contributed by atoms with Gasteiger partial charge in [0, 0.05) is 23.3 Å². The highest BCUT2D eigenvalue weighted by Crippen LogP contribution is 2.25. The van der Waals surface area contributed by atoms with Crippen LogP contribution in [-0.4, -0.2) is 30.8 Å². The second-order valence-corrected chi connectivity index (χ2v) is 4.25. The van der Waals surface area contributed by atoms with Crippen LogP contribution in [0.1, 0.15) is 5.56 Å². The van der Waals surface area contributed by atoms with Crippen molar-refractivity contribution in [2.75, 3.05) is 5.32 Å². The number of aromatic nitrogens is 5. The van der Waals surface area contributed by atoms with Crippen LogP contribution in [0.2, 0.25) is 0 Å². The highest BCUT2D eigenvalue weighted by atomic mass is 16.1. The van der Waals surface area contributed by atoms with Crippen molar-refractivity contribution in [1.29, 1.82) is 0 Å². The molecule has 19 heavy (non-hydrogen) atoms. The fraction of sp³-hybridized carbons (Fsp3) is 0.0833. The average molecular weight is 252 g/mol. The van der Waals surface area contributed by atoms with Gasteiger partial charge in [-0.05, 0) is 6.07 Å². The van der Waals surface area contributed by atoms with Crippen molar-refractivity contribution in [3.63, 3.8) is 0 Å². The molecular weight excluding hydrogens is 244 g/mol. The molecule has 1 amide bonds. The number of hydrogen-bond acceptors (Lipinski definition) is 5. The zero-order valence-electron chi connectivity index (χ0n) is 9.71. The number of carbonyl (C=O) groups is 1. The van der Waals surface area contributed by atoms with Gasteiger partial charge in [0.05, 0.1) is 6.42 Å². The fourth-order valence-electron chi connectivity index (χ4n) is 2.16. The number of amides is 1. The topological polar surface area (TPSA) is 96.5 Å². The van der Waals surface area contributed by atoms with Gasteiger partial charge in [-0.25, -0.2) is 19.9 Å². The molecule has 0 spiro atoms. The smallest absolute Gasteiger partial charge is 0.230 e. The van der Waals surface area contributed by atoms with Crippen LogP contribution in [0.4, 0.5) is 5.82 Å². The van der Waals surface area contributed by atoms with E-state index in [0.717, 1.165) is 16.6 Å². The maximum atomic E-state index is 11.3. The number of hydrogen-bond donors (Lipinski definition) is 2. The number of carbonyl (C=O) groups excluding carboxylic acids is 1. The van der Waals surface area contributed by atoms with Crippen LogP contribution >= 0.6 is 0 Å². The van der Waals surface area contributed by atoms with Gasteiger partial charge in [-0.2, -0.15) is 0 Å². The maximum Gasteiger partial charge on any atom is 0.230 e. The second-order valence-electron chi connectivity index (χ2n) is 4.25. The van der Waals surface area contributed by atoms with Gasteiger partial charge in [0.15, 0.2) is 5.82 Å². The molecule has 0 aliphatic carbocycles. The van der Waals surface area contributed by atoms with Crippen LogP contribution < -0.4 is 5.32 Å². The summed E-state index contributed by atoms with van der Waals surface area (Å²) in [6.07, 6.45) is 5.25. The molecule has 0 saturated heterocycles. The minimum Gasteiger partial charge on any atom is -0.346 e. The van der Waals surface area contributed by atoms with E-state index in [1.54, 1.807) is 12.4 Å². The normalized spacial score (nSPS) is 13.6. The molecule has 2 N–H and O–H groups in total. The Morgan fingerprint density at radius 2 is 2.16 bits per heavy atom. The lowest BCUT2D eigenvalue weighted by Gasteiger charge is -2.02. The van der Waals surface area contributed by atoms with Crippen molar-refractivity contribution in [3.05, 3.63) is 30.4 Å². The summed E-state index contributed by atoms with van der Waals surface area (Å²) in [7, 11) is 0. The first kappa shape index (κ1) is 10.1. The molecule has 7 heteroatoms. The minimum absolute atomic E-state index is 0.0593. The third kappa shape index (κ3) is 1.48. The number of aromatic amines is 1. The maximum absolute atomic E-state index is 11.3. The highest BCUT2D eigenvalue weighted by molar-refractivity contribution is 5.98. The van der Waals surface area contributed by atoms with Crippen LogP contribution in [0.3, 0.4) is 0 Å². The summed E-state index contributed by atoms with van der Waals surface area (Å²) in [5.74, 6) is 0.987. The summed E-state index contributed by atoms with van der Waals surface area (Å²) in [6.45, 7) is 0. The lowest BCUT2D eigenvalue weighted by atomic mass is 10.2. The fourth-order valence-corrected chi connectivity index (χ4v) is 2.16. The molecule has 0 bridgehead atoms. The molecule has 1 aliphatic rings. The quantitative estimate of drug-likeness (QED) is 0.671. The summed E-state index contributed by atoms with van der Waals surface area (Å²) in [5, 5.41) is 3.56. The Balaban J connectivity index is 1.91. The zero-order chi connectivity index (χ0) is 12.8. The Labute approximate surface area is 107 Å². The Bertz CT molecular complexity index is 809. The highest BCUT2D eigenvalue weighted by Gasteiger charge is 2.21. The summed E-state index contributed by atoms with van der Waals surface area (Å²) in [5.41, 5.74) is 2.20. The van der Waals surface area contributed by atoms with Gasteiger partial charge in [0.2, 0.25) is 5.91 Å². The zero-order valence-corrected chi connectivity index (χ0v) is 9.71. The molecule has 4 rings (SSSR count). The van der Waals surface area contributed by atoms with Gasteiger partial charge >= 0.3 is 0 Å². The molecule has 92 valence electrons. The molecule has 3 aromatic heterocycles. The third-order valence-corrected chi connectivity index (χ3v) is 3.04. The average Bonchev–Trinajstić information content (AvgIpc) is 3.01. The lowest BCUT2D eigenvalue weighted by Crippen LogP contribution is -2.04. The number of anilines is 1. The van der Waals surface area contributed by atoms with Gasteiger partial charge in [-0.1, -0.05) is 0 Å². The molecule has 4 heterocycles. The van der Waals surface area contributed by atoms with Crippen LogP contribution in [-0.2, 0) is 11.2 Å². The van der Waals surface area contributed by atoms with Crippen molar-refractivity contribution in [1.82, 2.24) is 24.9 Å². The predicted octanol–water partition coefficient (Wildman–Crippen LogP) is 0.909. The Kier molecular flexibility index (Phi) is 1.91. The van der Waals surface area contributed by atoms with Crippen LogP contribution in [0, 0.1) is 0 Å². The van der Waals surface area contributed by atoms with Crippen LogP contribution in [0.5, 0.6) is 0 Å². The monoisotopic (exact) mass is 252 g/mol. The molecule has 3 aromatic rings. The molecule has 7 nitrogen and oxygen atoms in total. The first-order chi connectivity index (χ1) is 9.31. The van der Waals surface area contributed by atoms with Gasteiger partial charge < -0.3 is 10.3 Å². The molecule has 0 saturated carbocycles. The van der Waals surface area contributed by atoms with Gasteiger partial charge in [0.25, 0.3) is 0 Å². The van der Waals surface area contributed by atoms with E-state index in [-0.39, 0.29) is 5.91 Å². The minimum atomic E-state index is -0.0593. The summed E-state index contributed by atoms with van der Waals surface area (Å²) in [4.78, 5) is 31.3. The predicted molar refractivity (Wildman–Crippen MR) is 67.2 cm³/mol. The second kappa shape index (κ2) is 3.58. The number of fused-ring (bicyclic) bond motifs is 2. The van der Waals surface area contributed by atoms with Gasteiger partial charge in [-0.15, -0.1) is 0 Å². The molecule has 1 aliphatic heterocycles. The van der Waals surface area contributed by atoms with E-state index in [4.69, 9.17) is 0 Å².